The quantitative estimate of drug-likeness (QED) is 0.845. The van der Waals surface area contributed by atoms with Crippen LogP contribution in [0.25, 0.3) is 0 Å². The number of nitrogens with two attached hydrogens (primary N) is 1. The number of nitrogens with zero attached hydrogens (tertiary/aromatic N) is 2. The topological polar surface area (TPSA) is 87.9 Å². The Bertz CT molecular complexity index is 643. The number of rotatable bonds is 4. The maximum atomic E-state index is 12.3. The van der Waals surface area contributed by atoms with E-state index >= 15 is 0 Å². The fourth-order valence-corrected chi connectivity index (χ4v) is 3.85. The minimum absolute atomic E-state index is 0.0507. The fraction of sp³-hybridized carbons (Fsp3) is 0.600. The molecular formula is C20H30N4O3. The van der Waals surface area contributed by atoms with Crippen LogP contribution in [-0.4, -0.2) is 60.1 Å². The van der Waals surface area contributed by atoms with Gasteiger partial charge in [0.2, 0.25) is 5.91 Å². The molecule has 0 spiro atoms. The third-order valence-electron chi connectivity index (χ3n) is 5.44. The van der Waals surface area contributed by atoms with Crippen LogP contribution in [0.15, 0.2) is 24.3 Å². The van der Waals surface area contributed by atoms with Crippen molar-refractivity contribution in [1.82, 2.24) is 9.80 Å². The molecule has 1 aliphatic carbocycles. The van der Waals surface area contributed by atoms with Gasteiger partial charge in [-0.25, -0.2) is 4.79 Å². The van der Waals surface area contributed by atoms with Crippen molar-refractivity contribution in [3.05, 3.63) is 29.8 Å². The number of carbonyl (C=O) groups excluding carboxylic acids is 2. The number of hydrogen-bond donors (Lipinski definition) is 2. The van der Waals surface area contributed by atoms with Gasteiger partial charge in [-0.1, -0.05) is 25.0 Å². The van der Waals surface area contributed by atoms with Crippen molar-refractivity contribution in [1.29, 1.82) is 0 Å². The molecule has 3 N–H and O–H groups in total. The molecule has 2 atom stereocenters. The molecule has 0 bridgehead atoms. The number of hydrogen-bond acceptors (Lipinski definition) is 4. The van der Waals surface area contributed by atoms with E-state index in [4.69, 9.17) is 10.5 Å². The molecule has 1 heterocycles. The van der Waals surface area contributed by atoms with Crippen LogP contribution >= 0.6 is 0 Å². The lowest BCUT2D eigenvalue weighted by Crippen LogP contribution is -2.50. The highest BCUT2D eigenvalue weighted by atomic mass is 16.5. The Morgan fingerprint density at radius 2 is 1.85 bits per heavy atom. The van der Waals surface area contributed by atoms with Crippen LogP contribution in [-0.2, 0) is 16.1 Å². The number of benzene rings is 1. The summed E-state index contributed by atoms with van der Waals surface area (Å²) in [5, 5.41) is 2.92. The van der Waals surface area contributed by atoms with Gasteiger partial charge < -0.3 is 25.6 Å². The Morgan fingerprint density at radius 1 is 1.19 bits per heavy atom. The molecule has 1 aliphatic heterocycles. The summed E-state index contributed by atoms with van der Waals surface area (Å²) in [6.45, 7) is 4.54. The molecule has 3 amide bonds. The average Bonchev–Trinajstić information content (AvgIpc) is 2.68. The zero-order valence-corrected chi connectivity index (χ0v) is 16.0. The van der Waals surface area contributed by atoms with E-state index in [0.717, 1.165) is 36.9 Å². The second-order valence-electron chi connectivity index (χ2n) is 7.39. The number of nitrogens with one attached hydrogen (secondary N) is 1. The van der Waals surface area contributed by atoms with Gasteiger partial charge in [0.25, 0.3) is 0 Å². The molecule has 1 saturated carbocycles. The van der Waals surface area contributed by atoms with E-state index in [9.17, 15) is 9.59 Å². The fourth-order valence-electron chi connectivity index (χ4n) is 3.85. The first-order chi connectivity index (χ1) is 13.0. The molecule has 7 heteroatoms. The first-order valence-corrected chi connectivity index (χ1v) is 9.80. The summed E-state index contributed by atoms with van der Waals surface area (Å²) in [5.74, 6) is 0.0575. The molecule has 1 aromatic rings. The third-order valence-corrected chi connectivity index (χ3v) is 5.44. The van der Waals surface area contributed by atoms with Crippen molar-refractivity contribution in [3.63, 3.8) is 0 Å². The minimum Gasteiger partial charge on any atom is -0.378 e. The predicted octanol–water partition coefficient (Wildman–Crippen LogP) is 2.17. The minimum atomic E-state index is -0.107. The molecule has 3 rings (SSSR count). The lowest BCUT2D eigenvalue weighted by Gasteiger charge is -2.38. The SMILES string of the molecule is CC(=O)N(Cc1ccc(NC(=O)N2CCOCC2)cc1)C1CCCCC1N. The van der Waals surface area contributed by atoms with Crippen molar-refractivity contribution >= 4 is 17.6 Å². The highest BCUT2D eigenvalue weighted by Crippen LogP contribution is 2.24. The molecule has 2 unspecified atom stereocenters. The maximum absolute atomic E-state index is 12.3. The summed E-state index contributed by atoms with van der Waals surface area (Å²) in [4.78, 5) is 28.1. The summed E-state index contributed by atoms with van der Waals surface area (Å²) in [6, 6.07) is 7.73. The number of urea groups is 1. The molecule has 2 fully saturated rings. The monoisotopic (exact) mass is 374 g/mol. The van der Waals surface area contributed by atoms with E-state index in [1.54, 1.807) is 11.8 Å². The molecule has 2 aliphatic rings. The van der Waals surface area contributed by atoms with E-state index in [2.05, 4.69) is 5.32 Å². The van der Waals surface area contributed by atoms with E-state index in [-0.39, 0.29) is 24.0 Å². The number of amides is 3. The summed E-state index contributed by atoms with van der Waals surface area (Å²) >= 11 is 0. The first kappa shape index (κ1) is 19.6. The summed E-state index contributed by atoms with van der Waals surface area (Å²) in [5.41, 5.74) is 8.05. The molecule has 1 saturated heterocycles. The predicted molar refractivity (Wildman–Crippen MR) is 104 cm³/mol. The van der Waals surface area contributed by atoms with Gasteiger partial charge in [-0.3, -0.25) is 4.79 Å². The molecule has 0 aromatic heterocycles. The smallest absolute Gasteiger partial charge is 0.321 e. The van der Waals surface area contributed by atoms with Crippen LogP contribution in [0.1, 0.15) is 38.2 Å². The second-order valence-corrected chi connectivity index (χ2v) is 7.39. The van der Waals surface area contributed by atoms with Gasteiger partial charge in [0.05, 0.1) is 13.2 Å². The molecule has 1 aromatic carbocycles. The Morgan fingerprint density at radius 3 is 2.48 bits per heavy atom. The van der Waals surface area contributed by atoms with Gasteiger partial charge in [-0.2, -0.15) is 0 Å². The van der Waals surface area contributed by atoms with Gasteiger partial charge in [-0.05, 0) is 30.5 Å². The standard InChI is InChI=1S/C20H30N4O3/c1-15(25)24(19-5-3-2-4-18(19)21)14-16-6-8-17(9-7-16)22-20(26)23-10-12-27-13-11-23/h6-9,18-19H,2-5,10-14,21H2,1H3,(H,22,26). The maximum Gasteiger partial charge on any atom is 0.321 e. The number of ether oxygens (including phenoxy) is 1. The number of carbonyl (C=O) groups is 2. The van der Waals surface area contributed by atoms with Gasteiger partial charge in [0.1, 0.15) is 0 Å². The van der Waals surface area contributed by atoms with Gasteiger partial charge in [-0.15, -0.1) is 0 Å². The zero-order chi connectivity index (χ0) is 19.2. The first-order valence-electron chi connectivity index (χ1n) is 9.80. The van der Waals surface area contributed by atoms with Gasteiger partial charge in [0, 0.05) is 44.3 Å². The average molecular weight is 374 g/mol. The van der Waals surface area contributed by atoms with Crippen LogP contribution in [0.3, 0.4) is 0 Å². The highest BCUT2D eigenvalue weighted by molar-refractivity contribution is 5.89. The molecular weight excluding hydrogens is 344 g/mol. The number of anilines is 1. The third kappa shape index (κ3) is 5.20. The Hall–Kier alpha value is -2.12. The van der Waals surface area contributed by atoms with Crippen molar-refractivity contribution < 1.29 is 14.3 Å². The van der Waals surface area contributed by atoms with E-state index in [1.807, 2.05) is 29.2 Å². The van der Waals surface area contributed by atoms with Crippen LogP contribution in [0, 0.1) is 0 Å². The van der Waals surface area contributed by atoms with Crippen LogP contribution < -0.4 is 11.1 Å². The Kier molecular flexibility index (Phi) is 6.68. The molecule has 0 radical (unpaired) electrons. The van der Waals surface area contributed by atoms with E-state index < -0.39 is 0 Å². The Labute approximate surface area is 160 Å². The van der Waals surface area contributed by atoms with Crippen molar-refractivity contribution in [2.45, 2.75) is 51.2 Å². The second kappa shape index (κ2) is 9.19. The lowest BCUT2D eigenvalue weighted by atomic mass is 9.89. The molecule has 7 nitrogen and oxygen atoms in total. The summed E-state index contributed by atoms with van der Waals surface area (Å²) < 4.78 is 5.27. The van der Waals surface area contributed by atoms with Crippen LogP contribution in [0.5, 0.6) is 0 Å². The van der Waals surface area contributed by atoms with Crippen LogP contribution in [0.2, 0.25) is 0 Å². The summed E-state index contributed by atoms with van der Waals surface area (Å²) in [6.07, 6.45) is 4.20. The van der Waals surface area contributed by atoms with Gasteiger partial charge in [0.15, 0.2) is 0 Å². The Balaban J connectivity index is 1.60. The van der Waals surface area contributed by atoms with Crippen LogP contribution in [0.4, 0.5) is 10.5 Å². The van der Waals surface area contributed by atoms with Crippen molar-refractivity contribution in [2.75, 3.05) is 31.6 Å². The normalized spacial score (nSPS) is 23.0. The number of morpholine rings is 1. The van der Waals surface area contributed by atoms with Crippen molar-refractivity contribution in [2.24, 2.45) is 5.73 Å². The highest BCUT2D eigenvalue weighted by Gasteiger charge is 2.29. The van der Waals surface area contributed by atoms with Gasteiger partial charge >= 0.3 is 6.03 Å². The molecule has 148 valence electrons. The summed E-state index contributed by atoms with van der Waals surface area (Å²) in [7, 11) is 0. The zero-order valence-electron chi connectivity index (χ0n) is 16.0. The van der Waals surface area contributed by atoms with Crippen molar-refractivity contribution in [3.8, 4) is 0 Å². The van der Waals surface area contributed by atoms with E-state index in [1.165, 1.54) is 0 Å². The lowest BCUT2D eigenvalue weighted by molar-refractivity contribution is -0.133. The van der Waals surface area contributed by atoms with E-state index in [0.29, 0.717) is 32.8 Å². The molecule has 27 heavy (non-hydrogen) atoms. The largest absolute Gasteiger partial charge is 0.378 e.